The van der Waals surface area contributed by atoms with Crippen molar-refractivity contribution in [3.8, 4) is 0 Å². The molecule has 3 rings (SSSR count). The van der Waals surface area contributed by atoms with Crippen LogP contribution in [0.4, 0.5) is 0 Å². The third-order valence-electron chi connectivity index (χ3n) is 7.90. The van der Waals surface area contributed by atoms with Gasteiger partial charge < -0.3 is 29.9 Å². The summed E-state index contributed by atoms with van der Waals surface area (Å²) in [6, 6.07) is 0. The molecule has 7 nitrogen and oxygen atoms in total. The molecule has 2 saturated carbocycles. The Labute approximate surface area is 167 Å². The first kappa shape index (κ1) is 22.1. The molecule has 0 amide bonds. The van der Waals surface area contributed by atoms with E-state index in [4.69, 9.17) is 9.47 Å². The number of rotatable bonds is 3. The molecule has 1 heterocycles. The van der Waals surface area contributed by atoms with Crippen LogP contribution in [-0.4, -0.2) is 68.6 Å². The van der Waals surface area contributed by atoms with Gasteiger partial charge in [0.2, 0.25) is 0 Å². The molecule has 0 aromatic heterocycles. The Bertz CT molecular complexity index is 593. The second kappa shape index (κ2) is 7.60. The predicted octanol–water partition coefficient (Wildman–Crippen LogP) is 1.00. The van der Waals surface area contributed by atoms with E-state index in [-0.39, 0.29) is 35.4 Å². The van der Waals surface area contributed by atoms with E-state index in [0.29, 0.717) is 0 Å². The number of aliphatic hydroxyl groups is 4. The lowest BCUT2D eigenvalue weighted by atomic mass is 9.52. The number of carbonyl (C=O) groups is 1. The van der Waals surface area contributed by atoms with Crippen molar-refractivity contribution in [2.75, 3.05) is 0 Å². The summed E-state index contributed by atoms with van der Waals surface area (Å²) in [6.07, 6.45) is -3.50. The molecule has 7 heteroatoms. The summed E-state index contributed by atoms with van der Waals surface area (Å²) < 4.78 is 11.7. The highest BCUT2D eigenvalue weighted by molar-refractivity contribution is 5.82. The summed E-state index contributed by atoms with van der Waals surface area (Å²) in [4.78, 5) is 12.3. The van der Waals surface area contributed by atoms with E-state index in [1.165, 1.54) is 0 Å². The van der Waals surface area contributed by atoms with Gasteiger partial charge in [0.25, 0.3) is 0 Å². The van der Waals surface area contributed by atoms with Crippen LogP contribution >= 0.6 is 0 Å². The average Bonchev–Trinajstić information content (AvgIpc) is 2.62. The molecule has 10 unspecified atom stereocenters. The highest BCUT2D eigenvalue weighted by Gasteiger charge is 2.55. The lowest BCUT2D eigenvalue weighted by molar-refractivity contribution is -0.324. The normalized spacial score (nSPS) is 50.3. The van der Waals surface area contributed by atoms with E-state index in [9.17, 15) is 25.2 Å². The molecule has 1 saturated heterocycles. The number of hydrogen-bond donors (Lipinski definition) is 4. The van der Waals surface area contributed by atoms with Gasteiger partial charge in [-0.15, -0.1) is 0 Å². The second-order valence-corrected chi connectivity index (χ2v) is 9.96. The fourth-order valence-electron chi connectivity index (χ4n) is 5.52. The topological polar surface area (TPSA) is 116 Å². The lowest BCUT2D eigenvalue weighted by Gasteiger charge is -2.55. The summed E-state index contributed by atoms with van der Waals surface area (Å²) in [5.41, 5.74) is -0.935. The van der Waals surface area contributed by atoms with Crippen LogP contribution in [0.5, 0.6) is 0 Å². The first-order chi connectivity index (χ1) is 12.9. The van der Waals surface area contributed by atoms with Crippen molar-refractivity contribution in [2.45, 2.75) is 103 Å². The molecule has 0 aromatic rings. The summed E-state index contributed by atoms with van der Waals surface area (Å²) >= 11 is 0. The Balaban J connectivity index is 1.73. The summed E-state index contributed by atoms with van der Waals surface area (Å²) in [7, 11) is 0. The molecule has 3 aliphatic rings. The maximum atomic E-state index is 12.3. The zero-order valence-electron chi connectivity index (χ0n) is 17.5. The third-order valence-corrected chi connectivity index (χ3v) is 7.90. The monoisotopic (exact) mass is 400 g/mol. The highest BCUT2D eigenvalue weighted by atomic mass is 16.7. The molecule has 0 radical (unpaired) electrons. The van der Waals surface area contributed by atoms with Crippen molar-refractivity contribution >= 4 is 5.78 Å². The molecule has 2 aliphatic carbocycles. The molecular formula is C21H36O7. The van der Waals surface area contributed by atoms with Crippen LogP contribution < -0.4 is 0 Å². The van der Waals surface area contributed by atoms with Crippen LogP contribution in [0.25, 0.3) is 0 Å². The molecule has 3 fully saturated rings. The van der Waals surface area contributed by atoms with Gasteiger partial charge in [0.05, 0.1) is 17.8 Å². The Kier molecular flexibility index (Phi) is 6.00. The van der Waals surface area contributed by atoms with Crippen LogP contribution in [0, 0.1) is 23.2 Å². The lowest BCUT2D eigenvalue weighted by Crippen LogP contribution is -2.60. The Morgan fingerprint density at radius 2 is 1.75 bits per heavy atom. The van der Waals surface area contributed by atoms with Gasteiger partial charge in [0, 0.05) is 12.3 Å². The molecule has 162 valence electrons. The van der Waals surface area contributed by atoms with Crippen molar-refractivity contribution in [3.05, 3.63) is 0 Å². The first-order valence-corrected chi connectivity index (χ1v) is 10.5. The largest absolute Gasteiger partial charge is 0.392 e. The summed E-state index contributed by atoms with van der Waals surface area (Å²) in [5.74, 6) is 0.210. The van der Waals surface area contributed by atoms with Crippen LogP contribution in [-0.2, 0) is 14.3 Å². The number of hydrogen-bond acceptors (Lipinski definition) is 7. The Morgan fingerprint density at radius 1 is 1.11 bits per heavy atom. The van der Waals surface area contributed by atoms with Crippen molar-refractivity contribution < 1.29 is 34.7 Å². The van der Waals surface area contributed by atoms with E-state index >= 15 is 0 Å². The predicted molar refractivity (Wildman–Crippen MR) is 101 cm³/mol. The van der Waals surface area contributed by atoms with Gasteiger partial charge in [0.1, 0.15) is 24.1 Å². The molecule has 0 aromatic carbocycles. The van der Waals surface area contributed by atoms with E-state index in [2.05, 4.69) is 6.92 Å². The molecule has 4 N–H and O–H groups in total. The number of Topliss-reactive ketones (excluding diaryl/α,β-unsaturated/α-hetero) is 1. The number of ketones is 1. The van der Waals surface area contributed by atoms with Crippen molar-refractivity contribution in [1.29, 1.82) is 0 Å². The van der Waals surface area contributed by atoms with Crippen molar-refractivity contribution in [2.24, 2.45) is 23.2 Å². The first-order valence-electron chi connectivity index (χ1n) is 10.5. The maximum absolute atomic E-state index is 12.3. The third kappa shape index (κ3) is 3.66. The van der Waals surface area contributed by atoms with Gasteiger partial charge in [0.15, 0.2) is 6.29 Å². The van der Waals surface area contributed by atoms with Crippen LogP contribution in [0.3, 0.4) is 0 Å². The van der Waals surface area contributed by atoms with Gasteiger partial charge in [-0.1, -0.05) is 13.8 Å². The molecule has 0 spiro atoms. The molecular weight excluding hydrogens is 364 g/mol. The fourth-order valence-corrected chi connectivity index (χ4v) is 5.52. The van der Waals surface area contributed by atoms with Crippen LogP contribution in [0.1, 0.15) is 60.3 Å². The molecule has 0 bridgehead atoms. The second-order valence-electron chi connectivity index (χ2n) is 9.96. The standard InChI is InChI=1S/C21H36O7/c1-10-13-8-12(6-7-21(13,5)15(23)9-14(10)22)20(3,4)28-19-18(26)17(25)16(24)11(2)27-19/h10-13,15-19,23-26H,6-9H2,1-5H3. The quantitative estimate of drug-likeness (QED) is 0.558. The zero-order valence-corrected chi connectivity index (χ0v) is 17.5. The number of carbonyl (C=O) groups excluding carboxylic acids is 1. The zero-order chi connectivity index (χ0) is 21.0. The molecule has 28 heavy (non-hydrogen) atoms. The minimum absolute atomic E-state index is 0.0777. The van der Waals surface area contributed by atoms with E-state index in [1.54, 1.807) is 6.92 Å². The maximum Gasteiger partial charge on any atom is 0.187 e. The SMILES string of the molecule is CC1OC(OC(C)(C)C2CCC3(C)C(O)CC(=O)C(C)C3C2)C(O)C(O)C1O. The van der Waals surface area contributed by atoms with E-state index in [0.717, 1.165) is 19.3 Å². The van der Waals surface area contributed by atoms with E-state index < -0.39 is 42.4 Å². The van der Waals surface area contributed by atoms with Crippen molar-refractivity contribution in [1.82, 2.24) is 0 Å². The van der Waals surface area contributed by atoms with Gasteiger partial charge in [-0.05, 0) is 57.3 Å². The van der Waals surface area contributed by atoms with Gasteiger partial charge in [-0.3, -0.25) is 4.79 Å². The Morgan fingerprint density at radius 3 is 2.39 bits per heavy atom. The number of aliphatic hydroxyl groups excluding tert-OH is 4. The fraction of sp³-hybridized carbons (Fsp3) is 0.952. The van der Waals surface area contributed by atoms with Crippen LogP contribution in [0.2, 0.25) is 0 Å². The summed E-state index contributed by atoms with van der Waals surface area (Å²) in [6.45, 7) is 9.55. The van der Waals surface area contributed by atoms with Crippen molar-refractivity contribution in [3.63, 3.8) is 0 Å². The smallest absolute Gasteiger partial charge is 0.187 e. The Hall–Kier alpha value is -0.570. The minimum atomic E-state index is -1.34. The van der Waals surface area contributed by atoms with Gasteiger partial charge in [-0.25, -0.2) is 0 Å². The number of fused-ring (bicyclic) bond motifs is 1. The van der Waals surface area contributed by atoms with Gasteiger partial charge in [-0.2, -0.15) is 0 Å². The minimum Gasteiger partial charge on any atom is -0.392 e. The molecule has 10 atom stereocenters. The van der Waals surface area contributed by atoms with E-state index in [1.807, 2.05) is 20.8 Å². The average molecular weight is 401 g/mol. The van der Waals surface area contributed by atoms with Crippen LogP contribution in [0.15, 0.2) is 0 Å². The van der Waals surface area contributed by atoms with Gasteiger partial charge >= 0.3 is 0 Å². The highest BCUT2D eigenvalue weighted by Crippen LogP contribution is 2.55. The number of ether oxygens (including phenoxy) is 2. The summed E-state index contributed by atoms with van der Waals surface area (Å²) in [5, 5.41) is 40.8. The molecule has 1 aliphatic heterocycles.